The predicted molar refractivity (Wildman–Crippen MR) is 114 cm³/mol. The first kappa shape index (κ1) is 18.8. The molecule has 2 amide bonds. The summed E-state index contributed by atoms with van der Waals surface area (Å²) in [6.45, 7) is 0. The molecule has 0 fully saturated rings. The van der Waals surface area contributed by atoms with Crippen LogP contribution in [0.5, 0.6) is 0 Å². The number of carbonyl (C=O) groups excluding carboxylic acids is 1. The highest BCUT2D eigenvalue weighted by Gasteiger charge is 2.15. The van der Waals surface area contributed by atoms with Crippen LogP contribution in [0.25, 0.3) is 10.8 Å². The molecule has 4 aromatic rings. The van der Waals surface area contributed by atoms with E-state index in [0.717, 1.165) is 10.8 Å². The smallest absolute Gasteiger partial charge is 0.308 e. The number of benzene rings is 2. The second-order valence-corrected chi connectivity index (χ2v) is 8.54. The Bertz CT molecular complexity index is 1260. The number of amides is 2. The number of pyridine rings is 1. The maximum atomic E-state index is 12.3. The normalized spacial score (nSPS) is 11.2. The molecule has 29 heavy (non-hydrogen) atoms. The van der Waals surface area contributed by atoms with E-state index in [1.807, 2.05) is 24.3 Å². The number of anilines is 3. The van der Waals surface area contributed by atoms with E-state index < -0.39 is 16.1 Å². The maximum Gasteiger partial charge on any atom is 0.324 e. The molecule has 10 heteroatoms. The van der Waals surface area contributed by atoms with Gasteiger partial charge in [0.25, 0.3) is 10.0 Å². The fraction of sp³-hybridized carbons (Fsp3) is 0. The van der Waals surface area contributed by atoms with Gasteiger partial charge in [-0.2, -0.15) is 0 Å². The summed E-state index contributed by atoms with van der Waals surface area (Å²) >= 11 is 1.18. The van der Waals surface area contributed by atoms with Crippen molar-refractivity contribution in [3.05, 3.63) is 72.4 Å². The number of thiazole rings is 1. The molecule has 0 radical (unpaired) electrons. The summed E-state index contributed by atoms with van der Waals surface area (Å²) in [5, 5.41) is 9.20. The Morgan fingerprint density at radius 3 is 2.41 bits per heavy atom. The van der Waals surface area contributed by atoms with Crippen LogP contribution in [0, 0.1) is 0 Å². The van der Waals surface area contributed by atoms with Gasteiger partial charge < -0.3 is 5.32 Å². The lowest BCUT2D eigenvalue weighted by atomic mass is 10.2. The van der Waals surface area contributed by atoms with E-state index in [9.17, 15) is 13.2 Å². The summed E-state index contributed by atoms with van der Waals surface area (Å²) in [7, 11) is -3.74. The summed E-state index contributed by atoms with van der Waals surface area (Å²) < 4.78 is 27.1. The first-order valence-corrected chi connectivity index (χ1v) is 10.8. The number of aromatic nitrogens is 2. The minimum absolute atomic E-state index is 0.0647. The standard InChI is InChI=1S/C19H15N5O3S2/c25-18(23-17-11-13-3-1-2-4-14(13)12-21-17)22-15-5-7-16(8-6-15)29(26,27)24-19-20-9-10-28-19/h1-12H,(H,20,24)(H2,21,22,23,25). The molecule has 0 spiro atoms. The Hall–Kier alpha value is -3.50. The van der Waals surface area contributed by atoms with Crippen LogP contribution in [0.1, 0.15) is 0 Å². The van der Waals surface area contributed by atoms with E-state index in [1.54, 1.807) is 17.6 Å². The summed E-state index contributed by atoms with van der Waals surface area (Å²) in [5.74, 6) is 0.410. The van der Waals surface area contributed by atoms with Crippen molar-refractivity contribution in [2.75, 3.05) is 15.4 Å². The van der Waals surface area contributed by atoms with Crippen LogP contribution in [-0.4, -0.2) is 24.4 Å². The van der Waals surface area contributed by atoms with Gasteiger partial charge >= 0.3 is 6.03 Å². The van der Waals surface area contributed by atoms with Crippen LogP contribution in [0.2, 0.25) is 0 Å². The zero-order valence-electron chi connectivity index (χ0n) is 14.9. The predicted octanol–water partition coefficient (Wildman–Crippen LogP) is 4.14. The van der Waals surface area contributed by atoms with Crippen LogP contribution < -0.4 is 15.4 Å². The summed E-state index contributed by atoms with van der Waals surface area (Å²) in [4.78, 5) is 20.4. The number of sulfonamides is 1. The fourth-order valence-corrected chi connectivity index (χ4v) is 4.38. The van der Waals surface area contributed by atoms with Crippen molar-refractivity contribution in [3.63, 3.8) is 0 Å². The van der Waals surface area contributed by atoms with Gasteiger partial charge in [0.1, 0.15) is 5.82 Å². The minimum atomic E-state index is -3.74. The van der Waals surface area contributed by atoms with Crippen LogP contribution in [0.3, 0.4) is 0 Å². The van der Waals surface area contributed by atoms with E-state index in [2.05, 4.69) is 25.3 Å². The number of urea groups is 1. The third kappa shape index (κ3) is 4.50. The molecule has 2 aromatic carbocycles. The van der Waals surface area contributed by atoms with Gasteiger partial charge in [-0.3, -0.25) is 10.0 Å². The average molecular weight is 425 g/mol. The lowest BCUT2D eigenvalue weighted by molar-refractivity contribution is 0.262. The zero-order valence-corrected chi connectivity index (χ0v) is 16.5. The molecule has 4 rings (SSSR count). The molecule has 0 atom stereocenters. The van der Waals surface area contributed by atoms with Crippen molar-refractivity contribution in [2.24, 2.45) is 0 Å². The second kappa shape index (κ2) is 7.86. The Labute approximate surface area is 170 Å². The Morgan fingerprint density at radius 2 is 1.69 bits per heavy atom. The van der Waals surface area contributed by atoms with Gasteiger partial charge in [0.05, 0.1) is 4.90 Å². The van der Waals surface area contributed by atoms with Crippen molar-refractivity contribution < 1.29 is 13.2 Å². The third-order valence-electron chi connectivity index (χ3n) is 3.95. The first-order valence-electron chi connectivity index (χ1n) is 8.45. The van der Waals surface area contributed by atoms with Gasteiger partial charge in [-0.25, -0.2) is 23.2 Å². The molecule has 0 aliphatic rings. The second-order valence-electron chi connectivity index (χ2n) is 5.96. The van der Waals surface area contributed by atoms with Gasteiger partial charge in [0.15, 0.2) is 5.13 Å². The lowest BCUT2D eigenvalue weighted by Crippen LogP contribution is -2.20. The van der Waals surface area contributed by atoms with Crippen LogP contribution >= 0.6 is 11.3 Å². The topological polar surface area (TPSA) is 113 Å². The Balaban J connectivity index is 1.41. The highest BCUT2D eigenvalue weighted by atomic mass is 32.2. The van der Waals surface area contributed by atoms with E-state index >= 15 is 0 Å². The summed E-state index contributed by atoms with van der Waals surface area (Å²) in [6, 6.07) is 14.8. The molecule has 0 saturated carbocycles. The molecule has 3 N–H and O–H groups in total. The van der Waals surface area contributed by atoms with Crippen molar-refractivity contribution in [3.8, 4) is 0 Å². The molecular formula is C19H15N5O3S2. The number of fused-ring (bicyclic) bond motifs is 1. The third-order valence-corrected chi connectivity index (χ3v) is 6.12. The monoisotopic (exact) mass is 425 g/mol. The minimum Gasteiger partial charge on any atom is -0.308 e. The Kier molecular flexibility index (Phi) is 5.10. The van der Waals surface area contributed by atoms with Crippen molar-refractivity contribution in [1.29, 1.82) is 0 Å². The molecule has 0 aliphatic heterocycles. The molecule has 2 aromatic heterocycles. The van der Waals surface area contributed by atoms with Gasteiger partial charge in [-0.15, -0.1) is 11.3 Å². The molecular weight excluding hydrogens is 410 g/mol. The van der Waals surface area contributed by atoms with Crippen molar-refractivity contribution in [1.82, 2.24) is 9.97 Å². The van der Waals surface area contributed by atoms with Crippen molar-refractivity contribution in [2.45, 2.75) is 4.90 Å². The number of carbonyl (C=O) groups is 1. The highest BCUT2D eigenvalue weighted by Crippen LogP contribution is 2.20. The number of hydrogen-bond donors (Lipinski definition) is 3. The summed E-state index contributed by atoms with van der Waals surface area (Å²) in [6.07, 6.45) is 3.19. The van der Waals surface area contributed by atoms with Crippen LogP contribution in [0.4, 0.5) is 21.4 Å². The van der Waals surface area contributed by atoms with Gasteiger partial charge in [0.2, 0.25) is 0 Å². The zero-order chi connectivity index (χ0) is 20.3. The molecule has 0 unspecified atom stereocenters. The largest absolute Gasteiger partial charge is 0.324 e. The first-order chi connectivity index (χ1) is 14.0. The SMILES string of the molecule is O=C(Nc1ccc(S(=O)(=O)Nc2nccs2)cc1)Nc1cc2ccccc2cn1. The highest BCUT2D eigenvalue weighted by molar-refractivity contribution is 7.93. The van der Waals surface area contributed by atoms with Crippen LogP contribution in [-0.2, 0) is 10.0 Å². The van der Waals surface area contributed by atoms with Gasteiger partial charge in [-0.1, -0.05) is 24.3 Å². The Morgan fingerprint density at radius 1 is 0.931 bits per heavy atom. The molecule has 0 bridgehead atoms. The number of nitrogens with one attached hydrogen (secondary N) is 3. The quantitative estimate of drug-likeness (QED) is 0.445. The van der Waals surface area contributed by atoms with E-state index in [1.165, 1.54) is 41.8 Å². The van der Waals surface area contributed by atoms with Crippen LogP contribution in [0.15, 0.2) is 77.3 Å². The number of nitrogens with zero attached hydrogens (tertiary/aromatic N) is 2. The fourth-order valence-electron chi connectivity index (χ4n) is 2.60. The maximum absolute atomic E-state index is 12.3. The van der Waals surface area contributed by atoms with Gasteiger partial charge in [-0.05, 0) is 35.7 Å². The van der Waals surface area contributed by atoms with Crippen molar-refractivity contribution >= 4 is 54.8 Å². The molecule has 0 aliphatic carbocycles. The summed E-state index contributed by atoms with van der Waals surface area (Å²) in [5.41, 5.74) is 0.441. The molecule has 146 valence electrons. The number of rotatable bonds is 5. The molecule has 0 saturated heterocycles. The number of hydrogen-bond acceptors (Lipinski definition) is 6. The van der Waals surface area contributed by atoms with E-state index in [4.69, 9.17) is 0 Å². The van der Waals surface area contributed by atoms with E-state index in [-0.39, 0.29) is 10.0 Å². The average Bonchev–Trinajstić information content (AvgIpc) is 3.20. The van der Waals surface area contributed by atoms with E-state index in [0.29, 0.717) is 11.5 Å². The lowest BCUT2D eigenvalue weighted by Gasteiger charge is -2.09. The molecule has 8 nitrogen and oxygen atoms in total. The molecule has 2 heterocycles. The van der Waals surface area contributed by atoms with Gasteiger partial charge in [0, 0.05) is 28.8 Å².